The van der Waals surface area contributed by atoms with Crippen LogP contribution >= 0.6 is 0 Å². The maximum absolute atomic E-state index is 11.4. The quantitative estimate of drug-likeness (QED) is 0.512. The second kappa shape index (κ2) is 1.77. The molecule has 0 heterocycles. The second-order valence-corrected chi connectivity index (χ2v) is 4.20. The minimum Gasteiger partial charge on any atom is -0.295 e. The number of rotatable bonds is 0. The summed E-state index contributed by atoms with van der Waals surface area (Å²) in [6.45, 7) is 0. The Balaban J connectivity index is 2.02. The van der Waals surface area contributed by atoms with Gasteiger partial charge in [-0.2, -0.15) is 0 Å². The van der Waals surface area contributed by atoms with E-state index in [4.69, 9.17) is 0 Å². The van der Waals surface area contributed by atoms with Crippen molar-refractivity contribution in [2.75, 3.05) is 0 Å². The van der Waals surface area contributed by atoms with Crippen molar-refractivity contribution in [3.05, 3.63) is 12.2 Å². The molecule has 0 aliphatic heterocycles. The van der Waals surface area contributed by atoms with Gasteiger partial charge in [0.25, 0.3) is 0 Å². The molecule has 3 aliphatic carbocycles. The number of ketones is 1. The lowest BCUT2D eigenvalue weighted by Crippen LogP contribution is -2.22. The Labute approximate surface area is 66.5 Å². The molecule has 0 aromatic carbocycles. The maximum Gasteiger partial charge on any atom is 0.159 e. The predicted molar refractivity (Wildman–Crippen MR) is 42.0 cm³/mol. The molecule has 3 rings (SSSR count). The summed E-state index contributed by atoms with van der Waals surface area (Å²) in [6.07, 6.45) is 8.02. The summed E-state index contributed by atoms with van der Waals surface area (Å²) in [5, 5.41) is 0. The van der Waals surface area contributed by atoms with Gasteiger partial charge < -0.3 is 0 Å². The number of fused-ring (bicyclic) bond motifs is 5. The van der Waals surface area contributed by atoms with Crippen LogP contribution in [-0.4, -0.2) is 5.78 Å². The van der Waals surface area contributed by atoms with E-state index < -0.39 is 0 Å². The molecule has 0 aromatic rings. The Morgan fingerprint density at radius 2 is 2.09 bits per heavy atom. The highest BCUT2D eigenvalue weighted by Crippen LogP contribution is 2.55. The second-order valence-electron chi connectivity index (χ2n) is 4.20. The van der Waals surface area contributed by atoms with Crippen molar-refractivity contribution in [3.63, 3.8) is 0 Å². The third-order valence-electron chi connectivity index (χ3n) is 3.79. The summed E-state index contributed by atoms with van der Waals surface area (Å²) in [5.41, 5.74) is 0. The van der Waals surface area contributed by atoms with Gasteiger partial charge in [-0.25, -0.2) is 0 Å². The first-order chi connectivity index (χ1) is 5.36. The highest BCUT2D eigenvalue weighted by atomic mass is 16.1. The highest BCUT2D eigenvalue weighted by molar-refractivity contribution is 5.95. The molecule has 0 radical (unpaired) electrons. The molecular weight excluding hydrogens is 136 g/mol. The van der Waals surface area contributed by atoms with E-state index in [0.29, 0.717) is 17.6 Å². The largest absolute Gasteiger partial charge is 0.295 e. The van der Waals surface area contributed by atoms with Crippen molar-refractivity contribution in [1.29, 1.82) is 0 Å². The van der Waals surface area contributed by atoms with Crippen LogP contribution in [0.1, 0.15) is 19.3 Å². The van der Waals surface area contributed by atoms with E-state index >= 15 is 0 Å². The van der Waals surface area contributed by atoms with Crippen molar-refractivity contribution in [3.8, 4) is 0 Å². The molecule has 1 nitrogen and oxygen atoms in total. The van der Waals surface area contributed by atoms with Gasteiger partial charge in [0.15, 0.2) is 5.78 Å². The summed E-state index contributed by atoms with van der Waals surface area (Å²) < 4.78 is 0. The Kier molecular flexibility index (Phi) is 0.961. The van der Waals surface area contributed by atoms with Gasteiger partial charge in [-0.3, -0.25) is 4.79 Å². The smallest absolute Gasteiger partial charge is 0.159 e. The number of hydrogen-bond donors (Lipinski definition) is 0. The van der Waals surface area contributed by atoms with Crippen LogP contribution in [0.3, 0.4) is 0 Å². The van der Waals surface area contributed by atoms with E-state index in [9.17, 15) is 4.79 Å². The molecule has 0 saturated heterocycles. The number of carbonyl (C=O) groups is 1. The van der Waals surface area contributed by atoms with E-state index in [1.54, 1.807) is 0 Å². The first-order valence-electron chi connectivity index (χ1n) is 4.58. The first kappa shape index (κ1) is 5.99. The Morgan fingerprint density at radius 3 is 2.91 bits per heavy atom. The molecule has 0 aromatic heterocycles. The normalized spacial score (nSPS) is 52.2. The molecule has 11 heavy (non-hydrogen) atoms. The van der Waals surface area contributed by atoms with Crippen molar-refractivity contribution < 1.29 is 4.79 Å². The van der Waals surface area contributed by atoms with Gasteiger partial charge in [0, 0.05) is 5.92 Å². The zero-order valence-corrected chi connectivity index (χ0v) is 6.49. The van der Waals surface area contributed by atoms with Crippen LogP contribution in [-0.2, 0) is 4.79 Å². The molecule has 2 fully saturated rings. The van der Waals surface area contributed by atoms with Crippen LogP contribution in [0, 0.1) is 23.7 Å². The lowest BCUT2D eigenvalue weighted by Gasteiger charge is -2.22. The lowest BCUT2D eigenvalue weighted by molar-refractivity contribution is -0.119. The fraction of sp³-hybridized carbons (Fsp3) is 0.700. The van der Waals surface area contributed by atoms with Crippen LogP contribution in [0.5, 0.6) is 0 Å². The van der Waals surface area contributed by atoms with Gasteiger partial charge in [0.05, 0.1) is 0 Å². The van der Waals surface area contributed by atoms with Crippen LogP contribution in [0.15, 0.2) is 12.2 Å². The molecule has 0 N–H and O–H groups in total. The van der Waals surface area contributed by atoms with E-state index in [0.717, 1.165) is 11.8 Å². The number of carbonyl (C=O) groups excluding carboxylic acids is 1. The summed E-state index contributed by atoms with van der Waals surface area (Å²) in [6, 6.07) is 0. The summed E-state index contributed by atoms with van der Waals surface area (Å²) in [4.78, 5) is 11.4. The zero-order chi connectivity index (χ0) is 7.42. The molecule has 4 atom stereocenters. The third kappa shape index (κ3) is 0.597. The monoisotopic (exact) mass is 148 g/mol. The summed E-state index contributed by atoms with van der Waals surface area (Å²) >= 11 is 0. The minimum absolute atomic E-state index is 0.419. The molecule has 0 amide bonds. The first-order valence-corrected chi connectivity index (χ1v) is 4.58. The van der Waals surface area contributed by atoms with Crippen molar-refractivity contribution >= 4 is 5.78 Å². The molecule has 58 valence electrons. The SMILES string of the molecule is O=C1C=C[C@H]2[C@H]3CC[C@H](C3)[C@@H]12. The van der Waals surface area contributed by atoms with Crippen molar-refractivity contribution in [2.24, 2.45) is 23.7 Å². The molecule has 2 bridgehead atoms. The Morgan fingerprint density at radius 1 is 1.27 bits per heavy atom. The third-order valence-corrected chi connectivity index (χ3v) is 3.79. The number of hydrogen-bond acceptors (Lipinski definition) is 1. The van der Waals surface area contributed by atoms with E-state index in [1.807, 2.05) is 6.08 Å². The van der Waals surface area contributed by atoms with Crippen LogP contribution in [0.4, 0.5) is 0 Å². The maximum atomic E-state index is 11.4. The van der Waals surface area contributed by atoms with Gasteiger partial charge in [-0.15, -0.1) is 0 Å². The molecule has 2 saturated carbocycles. The van der Waals surface area contributed by atoms with Crippen molar-refractivity contribution in [2.45, 2.75) is 19.3 Å². The van der Waals surface area contributed by atoms with Gasteiger partial charge in [-0.05, 0) is 43.1 Å². The van der Waals surface area contributed by atoms with E-state index in [-0.39, 0.29) is 0 Å². The van der Waals surface area contributed by atoms with E-state index in [1.165, 1.54) is 19.3 Å². The standard InChI is InChI=1S/C10H12O/c11-9-4-3-8-6-1-2-7(5-6)10(8)9/h3-4,6-8,10H,1-2,5H2/t6-,7+,8-,10+/m0/s1. The molecule has 3 aliphatic rings. The van der Waals surface area contributed by atoms with Crippen molar-refractivity contribution in [1.82, 2.24) is 0 Å². The molecule has 1 heteroatoms. The summed E-state index contributed by atoms with van der Waals surface area (Å²) in [5.74, 6) is 3.12. The number of allylic oxidation sites excluding steroid dienone is 2. The Bertz CT molecular complexity index is 241. The van der Waals surface area contributed by atoms with Gasteiger partial charge in [-0.1, -0.05) is 6.08 Å². The lowest BCUT2D eigenvalue weighted by atomic mass is 9.81. The topological polar surface area (TPSA) is 17.1 Å². The van der Waals surface area contributed by atoms with Gasteiger partial charge in [0.1, 0.15) is 0 Å². The molecular formula is C10H12O. The fourth-order valence-electron chi connectivity index (χ4n) is 3.35. The predicted octanol–water partition coefficient (Wildman–Crippen LogP) is 1.79. The van der Waals surface area contributed by atoms with Crippen LogP contribution in [0.2, 0.25) is 0 Å². The minimum atomic E-state index is 0.419. The fourth-order valence-corrected chi connectivity index (χ4v) is 3.35. The average Bonchev–Trinajstić information content (AvgIpc) is 2.60. The molecule has 0 unspecified atom stereocenters. The molecule has 0 spiro atoms. The zero-order valence-electron chi connectivity index (χ0n) is 6.49. The average molecular weight is 148 g/mol. The Hall–Kier alpha value is -0.590. The summed E-state index contributed by atoms with van der Waals surface area (Å²) in [7, 11) is 0. The van der Waals surface area contributed by atoms with Gasteiger partial charge in [0.2, 0.25) is 0 Å². The van der Waals surface area contributed by atoms with Gasteiger partial charge >= 0.3 is 0 Å². The van der Waals surface area contributed by atoms with Crippen LogP contribution in [0.25, 0.3) is 0 Å². The highest BCUT2D eigenvalue weighted by Gasteiger charge is 2.50. The van der Waals surface area contributed by atoms with E-state index in [2.05, 4.69) is 6.08 Å². The van der Waals surface area contributed by atoms with Crippen LogP contribution < -0.4 is 0 Å².